The summed E-state index contributed by atoms with van der Waals surface area (Å²) in [5, 5.41) is 0. The first-order valence-corrected chi connectivity index (χ1v) is 3.53. The summed E-state index contributed by atoms with van der Waals surface area (Å²) in [7, 11) is 0. The van der Waals surface area contributed by atoms with Gasteiger partial charge in [0, 0.05) is 0 Å². The molecule has 0 atom stereocenters. The molecule has 6 N–H and O–H groups in total. The number of nitrogens with zero attached hydrogens (tertiary/aromatic N) is 2. The summed E-state index contributed by atoms with van der Waals surface area (Å²) in [6.45, 7) is 0. The van der Waals surface area contributed by atoms with Crippen molar-refractivity contribution in [3.8, 4) is 0 Å². The van der Waals surface area contributed by atoms with Crippen LogP contribution in [-0.4, -0.2) is 16.1 Å². The van der Waals surface area contributed by atoms with Crippen molar-refractivity contribution in [2.75, 3.05) is 17.2 Å². The van der Waals surface area contributed by atoms with E-state index in [4.69, 9.17) is 17.2 Å². The van der Waals surface area contributed by atoms with Crippen LogP contribution >= 0.6 is 0 Å². The van der Waals surface area contributed by atoms with Gasteiger partial charge in [-0.2, -0.15) is 18.2 Å². The highest BCUT2D eigenvalue weighted by atomic mass is 19.4. The smallest absolute Gasteiger partial charge is 0.394 e. The van der Waals surface area contributed by atoms with Crippen LogP contribution in [0.15, 0.2) is 0 Å². The molecule has 0 amide bonds. The van der Waals surface area contributed by atoms with E-state index < -0.39 is 18.3 Å². The maximum Gasteiger partial charge on any atom is 0.394 e. The second-order valence-corrected chi connectivity index (χ2v) is 2.62. The van der Waals surface area contributed by atoms with Gasteiger partial charge >= 0.3 is 6.18 Å². The van der Waals surface area contributed by atoms with Crippen molar-refractivity contribution >= 4 is 17.5 Å². The van der Waals surface area contributed by atoms with E-state index in [-0.39, 0.29) is 17.5 Å². The number of nitrogens with two attached hydrogens (primary N) is 3. The summed E-state index contributed by atoms with van der Waals surface area (Å²) in [6, 6.07) is 0. The summed E-state index contributed by atoms with van der Waals surface area (Å²) in [6.07, 6.45) is -5.67. The molecular formula is C6H8F3N5. The maximum absolute atomic E-state index is 12.0. The monoisotopic (exact) mass is 207 g/mol. The predicted molar refractivity (Wildman–Crippen MR) is 45.0 cm³/mol. The Morgan fingerprint density at radius 3 is 2.14 bits per heavy atom. The van der Waals surface area contributed by atoms with Gasteiger partial charge in [0.25, 0.3) is 0 Å². The molecule has 14 heavy (non-hydrogen) atoms. The molecule has 0 saturated heterocycles. The fourth-order valence-corrected chi connectivity index (χ4v) is 0.880. The van der Waals surface area contributed by atoms with Gasteiger partial charge in [0.05, 0.1) is 17.8 Å². The first kappa shape index (κ1) is 10.4. The summed E-state index contributed by atoms with van der Waals surface area (Å²) in [5.41, 5.74) is 14.9. The van der Waals surface area contributed by atoms with E-state index in [9.17, 15) is 13.2 Å². The van der Waals surface area contributed by atoms with Gasteiger partial charge < -0.3 is 17.2 Å². The summed E-state index contributed by atoms with van der Waals surface area (Å²) < 4.78 is 36.0. The third kappa shape index (κ3) is 2.38. The standard InChI is InChI=1S/C6H8F3N5/c7-6(8,9)1-2-3(10)4(11)14-5(12)13-2/h1,10H2,(H4,11,12,13,14). The number of aromatic nitrogens is 2. The largest absolute Gasteiger partial charge is 0.394 e. The average molecular weight is 207 g/mol. The van der Waals surface area contributed by atoms with Gasteiger partial charge in [-0.15, -0.1) is 0 Å². The minimum absolute atomic E-state index is 0.239. The number of alkyl halides is 3. The molecule has 1 rings (SSSR count). The Morgan fingerprint density at radius 1 is 1.07 bits per heavy atom. The maximum atomic E-state index is 12.0. The van der Waals surface area contributed by atoms with Crippen LogP contribution in [0.3, 0.4) is 0 Å². The number of hydrogen-bond donors (Lipinski definition) is 3. The fourth-order valence-electron chi connectivity index (χ4n) is 0.880. The van der Waals surface area contributed by atoms with E-state index in [0.29, 0.717) is 0 Å². The topological polar surface area (TPSA) is 104 Å². The molecule has 0 aliphatic carbocycles. The van der Waals surface area contributed by atoms with Crippen LogP contribution in [0.4, 0.5) is 30.6 Å². The molecule has 0 aromatic carbocycles. The van der Waals surface area contributed by atoms with Crippen molar-refractivity contribution < 1.29 is 13.2 Å². The predicted octanol–water partition coefficient (Wildman–Crippen LogP) is 0.328. The molecular weight excluding hydrogens is 199 g/mol. The zero-order valence-corrected chi connectivity index (χ0v) is 6.97. The molecule has 0 radical (unpaired) electrons. The summed E-state index contributed by atoms with van der Waals surface area (Å²) in [4.78, 5) is 6.78. The van der Waals surface area contributed by atoms with Crippen LogP contribution in [0.25, 0.3) is 0 Å². The average Bonchev–Trinajstić information content (AvgIpc) is 1.96. The summed E-state index contributed by atoms with van der Waals surface area (Å²) >= 11 is 0. The lowest BCUT2D eigenvalue weighted by molar-refractivity contribution is -0.127. The Labute approximate surface area is 77.1 Å². The minimum atomic E-state index is -4.40. The van der Waals surface area contributed by atoms with Gasteiger partial charge in [-0.1, -0.05) is 0 Å². The van der Waals surface area contributed by atoms with E-state index in [1.165, 1.54) is 0 Å². The Morgan fingerprint density at radius 2 is 1.64 bits per heavy atom. The normalized spacial score (nSPS) is 11.6. The van der Waals surface area contributed by atoms with Gasteiger partial charge in [0.15, 0.2) is 5.82 Å². The zero-order valence-electron chi connectivity index (χ0n) is 6.97. The third-order valence-corrected chi connectivity index (χ3v) is 1.44. The molecule has 0 fully saturated rings. The number of nitrogen functional groups attached to an aromatic ring is 3. The van der Waals surface area contributed by atoms with Crippen molar-refractivity contribution in [1.82, 2.24) is 9.97 Å². The Bertz CT molecular complexity index is 348. The quantitative estimate of drug-likeness (QED) is 0.615. The Hall–Kier alpha value is -1.73. The first-order valence-electron chi connectivity index (χ1n) is 3.53. The van der Waals surface area contributed by atoms with Crippen molar-refractivity contribution in [3.05, 3.63) is 5.69 Å². The van der Waals surface area contributed by atoms with Crippen LogP contribution < -0.4 is 17.2 Å². The highest BCUT2D eigenvalue weighted by Crippen LogP contribution is 2.25. The molecule has 78 valence electrons. The van der Waals surface area contributed by atoms with E-state index in [1.807, 2.05) is 0 Å². The molecule has 0 saturated carbocycles. The second kappa shape index (κ2) is 3.20. The van der Waals surface area contributed by atoms with Crippen molar-refractivity contribution in [1.29, 1.82) is 0 Å². The molecule has 1 heterocycles. The molecule has 1 aromatic rings. The molecule has 0 spiro atoms. The third-order valence-electron chi connectivity index (χ3n) is 1.44. The van der Waals surface area contributed by atoms with Gasteiger partial charge in [-0.05, 0) is 0 Å². The molecule has 0 unspecified atom stereocenters. The highest BCUT2D eigenvalue weighted by Gasteiger charge is 2.30. The second-order valence-electron chi connectivity index (χ2n) is 2.62. The van der Waals surface area contributed by atoms with Crippen LogP contribution in [0.2, 0.25) is 0 Å². The SMILES string of the molecule is Nc1nc(N)c(N)c(CC(F)(F)F)n1. The van der Waals surface area contributed by atoms with E-state index >= 15 is 0 Å². The van der Waals surface area contributed by atoms with Crippen molar-refractivity contribution in [3.63, 3.8) is 0 Å². The highest BCUT2D eigenvalue weighted by molar-refractivity contribution is 5.62. The molecule has 8 heteroatoms. The van der Waals surface area contributed by atoms with Crippen molar-refractivity contribution in [2.45, 2.75) is 12.6 Å². The van der Waals surface area contributed by atoms with Gasteiger partial charge in [-0.25, -0.2) is 4.98 Å². The molecule has 1 aromatic heterocycles. The number of hydrogen-bond acceptors (Lipinski definition) is 5. The lowest BCUT2D eigenvalue weighted by atomic mass is 10.2. The zero-order chi connectivity index (χ0) is 10.9. The van der Waals surface area contributed by atoms with Crippen molar-refractivity contribution in [2.24, 2.45) is 0 Å². The van der Waals surface area contributed by atoms with E-state index in [1.54, 1.807) is 0 Å². The van der Waals surface area contributed by atoms with Crippen LogP contribution in [-0.2, 0) is 6.42 Å². The molecule has 0 aliphatic heterocycles. The summed E-state index contributed by atoms with van der Waals surface area (Å²) in [5.74, 6) is -0.562. The van der Waals surface area contributed by atoms with Crippen LogP contribution in [0.5, 0.6) is 0 Å². The Kier molecular flexibility index (Phi) is 2.37. The van der Waals surface area contributed by atoms with Crippen LogP contribution in [0, 0.1) is 0 Å². The number of halogens is 3. The van der Waals surface area contributed by atoms with E-state index in [0.717, 1.165) is 0 Å². The minimum Gasteiger partial charge on any atom is -0.394 e. The van der Waals surface area contributed by atoms with E-state index in [2.05, 4.69) is 9.97 Å². The molecule has 0 aliphatic rings. The van der Waals surface area contributed by atoms with Gasteiger partial charge in [-0.3, -0.25) is 0 Å². The fraction of sp³-hybridized carbons (Fsp3) is 0.333. The lowest BCUT2D eigenvalue weighted by Crippen LogP contribution is -2.17. The van der Waals surface area contributed by atoms with Gasteiger partial charge in [0.1, 0.15) is 0 Å². The molecule has 5 nitrogen and oxygen atoms in total. The number of anilines is 3. The Balaban J connectivity index is 3.09. The molecule has 0 bridgehead atoms. The number of rotatable bonds is 1. The lowest BCUT2D eigenvalue weighted by Gasteiger charge is -2.09. The first-order chi connectivity index (χ1) is 6.29. The van der Waals surface area contributed by atoms with Crippen LogP contribution in [0.1, 0.15) is 5.69 Å². The van der Waals surface area contributed by atoms with Gasteiger partial charge in [0.2, 0.25) is 5.95 Å².